The minimum atomic E-state index is -1.02. The van der Waals surface area contributed by atoms with Crippen molar-refractivity contribution in [3.05, 3.63) is 48.3 Å². The van der Waals surface area contributed by atoms with Crippen LogP contribution >= 0.6 is 12.4 Å². The Hall–Kier alpha value is -3.18. The number of hydrogen-bond acceptors (Lipinski definition) is 8. The number of carbonyl (C=O) groups is 1. The zero-order valence-electron chi connectivity index (χ0n) is 15.2. The fourth-order valence-corrected chi connectivity index (χ4v) is 2.41. The Bertz CT molecular complexity index is 942. The molecule has 10 nitrogen and oxygen atoms in total. The Morgan fingerprint density at radius 3 is 2.76 bits per heavy atom. The number of nitrogens with two attached hydrogens (primary N) is 1. The second-order valence-corrected chi connectivity index (χ2v) is 5.93. The molecule has 0 spiro atoms. The average Bonchev–Trinajstić information content (AvgIpc) is 3.10. The zero-order valence-corrected chi connectivity index (χ0v) is 16.0. The predicted octanol–water partition coefficient (Wildman–Crippen LogP) is 1.11. The quantitative estimate of drug-likeness (QED) is 0.517. The first kappa shape index (κ1) is 22.1. The molecule has 0 aliphatic heterocycles. The van der Waals surface area contributed by atoms with Crippen molar-refractivity contribution in [1.82, 2.24) is 30.2 Å². The van der Waals surface area contributed by atoms with Crippen LogP contribution in [0.4, 0.5) is 4.39 Å². The number of rotatable bonds is 9. The highest BCUT2D eigenvalue weighted by molar-refractivity contribution is 5.85. The molecule has 0 bridgehead atoms. The highest BCUT2D eigenvalue weighted by Crippen LogP contribution is 2.23. The number of carboxylic acids is 1. The van der Waals surface area contributed by atoms with Crippen molar-refractivity contribution >= 4 is 18.4 Å². The largest absolute Gasteiger partial charge is 0.493 e. The Labute approximate surface area is 171 Å². The molecule has 0 saturated carbocycles. The average molecular weight is 424 g/mol. The summed E-state index contributed by atoms with van der Waals surface area (Å²) in [6, 6.07) is 5.37. The molecule has 1 aromatic carbocycles. The smallest absolute Gasteiger partial charge is 0.304 e. The van der Waals surface area contributed by atoms with Gasteiger partial charge >= 0.3 is 5.97 Å². The number of ether oxygens (including phenoxy) is 1. The van der Waals surface area contributed by atoms with Crippen molar-refractivity contribution in [2.75, 3.05) is 6.61 Å². The highest BCUT2D eigenvalue weighted by atomic mass is 35.5. The van der Waals surface area contributed by atoms with Gasteiger partial charge < -0.3 is 15.6 Å². The van der Waals surface area contributed by atoms with E-state index in [1.807, 2.05) is 0 Å². The molecule has 3 aromatic rings. The number of carboxylic acid groups (broad SMARTS) is 1. The summed E-state index contributed by atoms with van der Waals surface area (Å²) in [6.07, 6.45) is 3.55. The molecule has 0 fully saturated rings. The lowest BCUT2D eigenvalue weighted by molar-refractivity contribution is -0.137. The van der Waals surface area contributed by atoms with Crippen LogP contribution in [0.25, 0.3) is 11.4 Å². The van der Waals surface area contributed by atoms with E-state index in [-0.39, 0.29) is 36.8 Å². The van der Waals surface area contributed by atoms with Gasteiger partial charge in [-0.05, 0) is 23.4 Å². The topological polar surface area (TPSA) is 142 Å². The molecule has 29 heavy (non-hydrogen) atoms. The van der Waals surface area contributed by atoms with Crippen LogP contribution in [0.5, 0.6) is 5.75 Å². The van der Waals surface area contributed by atoms with E-state index in [0.717, 1.165) is 4.80 Å². The molecular formula is C17H19ClFN7O3. The molecule has 0 amide bonds. The van der Waals surface area contributed by atoms with E-state index >= 15 is 0 Å². The number of aromatic nitrogens is 6. The lowest BCUT2D eigenvalue weighted by atomic mass is 10.2. The maximum atomic E-state index is 14.4. The third-order valence-electron chi connectivity index (χ3n) is 3.68. The number of halogens is 2. The molecule has 0 saturated heterocycles. The van der Waals surface area contributed by atoms with Gasteiger partial charge in [0, 0.05) is 30.9 Å². The van der Waals surface area contributed by atoms with Crippen molar-refractivity contribution in [3.8, 4) is 17.1 Å². The summed E-state index contributed by atoms with van der Waals surface area (Å²) < 4.78 is 19.9. The zero-order chi connectivity index (χ0) is 19.9. The Balaban J connectivity index is 0.00000300. The number of benzene rings is 1. The van der Waals surface area contributed by atoms with E-state index in [2.05, 4.69) is 25.4 Å². The van der Waals surface area contributed by atoms with Crippen LogP contribution in [-0.4, -0.2) is 53.9 Å². The lowest BCUT2D eigenvalue weighted by Gasteiger charge is -2.07. The number of nitrogens with zero attached hydrogens (tertiary/aromatic N) is 6. The molecule has 154 valence electrons. The third-order valence-corrected chi connectivity index (χ3v) is 3.68. The SMILES string of the molecule is Cl.N[C@@H](CC(=O)O)Cn1nnc(-c2ccc(OCCc3ncccn3)cc2F)n1. The van der Waals surface area contributed by atoms with Gasteiger partial charge in [0.05, 0.1) is 25.1 Å². The fourth-order valence-electron chi connectivity index (χ4n) is 2.41. The second kappa shape index (κ2) is 10.4. The molecule has 2 aromatic heterocycles. The van der Waals surface area contributed by atoms with E-state index in [0.29, 0.717) is 24.6 Å². The molecule has 0 radical (unpaired) electrons. The monoisotopic (exact) mass is 423 g/mol. The molecule has 2 heterocycles. The summed E-state index contributed by atoms with van der Waals surface area (Å²) in [5, 5.41) is 20.3. The summed E-state index contributed by atoms with van der Waals surface area (Å²) in [5.41, 5.74) is 5.83. The fraction of sp³-hybridized carbons (Fsp3) is 0.294. The van der Waals surface area contributed by atoms with Gasteiger partial charge in [0.2, 0.25) is 5.82 Å². The minimum Gasteiger partial charge on any atom is -0.493 e. The molecule has 1 atom stereocenters. The van der Waals surface area contributed by atoms with Gasteiger partial charge in [-0.2, -0.15) is 4.80 Å². The van der Waals surface area contributed by atoms with Crippen molar-refractivity contribution < 1.29 is 19.0 Å². The normalized spacial score (nSPS) is 11.5. The van der Waals surface area contributed by atoms with Crippen LogP contribution in [0.15, 0.2) is 36.7 Å². The van der Waals surface area contributed by atoms with Crippen LogP contribution in [0.3, 0.4) is 0 Å². The van der Waals surface area contributed by atoms with Gasteiger partial charge in [0.1, 0.15) is 17.4 Å². The van der Waals surface area contributed by atoms with Crippen LogP contribution in [0.2, 0.25) is 0 Å². The first-order chi connectivity index (χ1) is 13.5. The molecule has 0 unspecified atom stereocenters. The number of tetrazole rings is 1. The molecule has 0 aliphatic rings. The predicted molar refractivity (Wildman–Crippen MR) is 102 cm³/mol. The Kier molecular flexibility index (Phi) is 7.92. The summed E-state index contributed by atoms with van der Waals surface area (Å²) in [5.74, 6) is -0.519. The van der Waals surface area contributed by atoms with Crippen molar-refractivity contribution in [2.24, 2.45) is 5.73 Å². The summed E-state index contributed by atoms with van der Waals surface area (Å²) in [6.45, 7) is 0.363. The maximum absolute atomic E-state index is 14.4. The lowest BCUT2D eigenvalue weighted by Crippen LogP contribution is -2.30. The highest BCUT2D eigenvalue weighted by Gasteiger charge is 2.15. The van der Waals surface area contributed by atoms with Gasteiger partial charge in [0.15, 0.2) is 0 Å². The van der Waals surface area contributed by atoms with Crippen LogP contribution in [-0.2, 0) is 17.8 Å². The van der Waals surface area contributed by atoms with E-state index in [1.165, 1.54) is 12.1 Å². The Morgan fingerprint density at radius 2 is 2.07 bits per heavy atom. The Morgan fingerprint density at radius 1 is 1.31 bits per heavy atom. The third kappa shape index (κ3) is 6.43. The van der Waals surface area contributed by atoms with Crippen LogP contribution < -0.4 is 10.5 Å². The van der Waals surface area contributed by atoms with Gasteiger partial charge in [-0.15, -0.1) is 22.6 Å². The van der Waals surface area contributed by atoms with Crippen molar-refractivity contribution in [2.45, 2.75) is 25.4 Å². The number of hydrogen-bond donors (Lipinski definition) is 2. The van der Waals surface area contributed by atoms with Gasteiger partial charge in [-0.1, -0.05) is 0 Å². The molecular weight excluding hydrogens is 405 g/mol. The molecule has 12 heteroatoms. The van der Waals surface area contributed by atoms with Gasteiger partial charge in [0.25, 0.3) is 0 Å². The first-order valence-electron chi connectivity index (χ1n) is 8.45. The second-order valence-electron chi connectivity index (χ2n) is 5.93. The van der Waals surface area contributed by atoms with Crippen molar-refractivity contribution in [1.29, 1.82) is 0 Å². The first-order valence-corrected chi connectivity index (χ1v) is 8.45. The summed E-state index contributed by atoms with van der Waals surface area (Å²) >= 11 is 0. The van der Waals surface area contributed by atoms with E-state index < -0.39 is 17.8 Å². The van der Waals surface area contributed by atoms with Crippen molar-refractivity contribution in [3.63, 3.8) is 0 Å². The van der Waals surface area contributed by atoms with E-state index in [4.69, 9.17) is 15.6 Å². The molecule has 3 N–H and O–H groups in total. The van der Waals surface area contributed by atoms with Crippen LogP contribution in [0.1, 0.15) is 12.2 Å². The van der Waals surface area contributed by atoms with E-state index in [1.54, 1.807) is 24.5 Å². The van der Waals surface area contributed by atoms with E-state index in [9.17, 15) is 9.18 Å². The van der Waals surface area contributed by atoms with Crippen LogP contribution in [0, 0.1) is 5.82 Å². The maximum Gasteiger partial charge on any atom is 0.304 e. The van der Waals surface area contributed by atoms with Gasteiger partial charge in [-0.3, -0.25) is 4.79 Å². The van der Waals surface area contributed by atoms with Gasteiger partial charge in [-0.25, -0.2) is 14.4 Å². The molecule has 0 aliphatic carbocycles. The summed E-state index contributed by atoms with van der Waals surface area (Å²) in [4.78, 5) is 20.0. The standard InChI is InChI=1S/C17H18FN7O3.ClH/c18-14-9-12(28-7-4-15-20-5-1-6-21-15)2-3-13(14)17-22-24-25(23-17)10-11(19)8-16(26)27;/h1-3,5-6,9,11H,4,7-8,10,19H2,(H,26,27);1H/t11-;/m0./s1. The minimum absolute atomic E-state index is 0. The summed E-state index contributed by atoms with van der Waals surface area (Å²) in [7, 11) is 0. The number of aliphatic carboxylic acids is 1. The molecule has 3 rings (SSSR count).